The van der Waals surface area contributed by atoms with Crippen molar-refractivity contribution < 1.29 is 42.2 Å². The summed E-state index contributed by atoms with van der Waals surface area (Å²) >= 11 is 0. The van der Waals surface area contributed by atoms with E-state index in [0.29, 0.717) is 31.1 Å². The normalized spacial score (nSPS) is 16.6. The van der Waals surface area contributed by atoms with Gasteiger partial charge in [-0.25, -0.2) is 9.78 Å². The van der Waals surface area contributed by atoms with Crippen LogP contribution in [0.25, 0.3) is 22.4 Å². The Morgan fingerprint density at radius 1 is 1.00 bits per heavy atom. The van der Waals surface area contributed by atoms with Gasteiger partial charge in [-0.3, -0.25) is 9.59 Å². The molecule has 2 fully saturated rings. The Balaban J connectivity index is 0.000000582. The highest BCUT2D eigenvalue weighted by Gasteiger charge is 2.38. The zero-order valence-electron chi connectivity index (χ0n) is 26.4. The fraction of sp³-hybridized carbons (Fsp3) is 0.412. The second kappa shape index (κ2) is 14.9. The average Bonchev–Trinajstić information content (AvgIpc) is 3.74. The Kier molecular flexibility index (Phi) is 10.7. The largest absolute Gasteiger partial charge is 0.508 e. The SMILES string of the molecule is CN1CCN(C(=O)[C@H](Cc2ccc(O)cc2)NC(=O)c2ccc3c(c2)nc(-c2ccoc2)n3C2CCCCC2)CC1.O=C(O)C(F)(F)F. The van der Waals surface area contributed by atoms with E-state index in [1.807, 2.05) is 36.2 Å². The summed E-state index contributed by atoms with van der Waals surface area (Å²) in [6.07, 6.45) is 4.47. The number of piperazine rings is 1. The molecule has 0 unspecified atom stereocenters. The fourth-order valence-electron chi connectivity index (χ4n) is 6.10. The number of aromatic hydroxyl groups is 1. The van der Waals surface area contributed by atoms with E-state index in [0.717, 1.165) is 53.9 Å². The van der Waals surface area contributed by atoms with Crippen LogP contribution in [-0.4, -0.2) is 92.8 Å². The molecule has 2 aliphatic rings. The molecule has 0 bridgehead atoms. The van der Waals surface area contributed by atoms with Gasteiger partial charge in [0.1, 0.15) is 23.9 Å². The predicted octanol–water partition coefficient (Wildman–Crippen LogP) is 5.26. The molecule has 1 atom stereocenters. The minimum atomic E-state index is -5.08. The molecule has 2 aromatic carbocycles. The van der Waals surface area contributed by atoms with Crippen molar-refractivity contribution in [2.75, 3.05) is 33.2 Å². The van der Waals surface area contributed by atoms with Gasteiger partial charge in [0.2, 0.25) is 5.91 Å². The predicted molar refractivity (Wildman–Crippen MR) is 170 cm³/mol. The van der Waals surface area contributed by atoms with E-state index in [9.17, 15) is 27.9 Å². The van der Waals surface area contributed by atoms with E-state index in [2.05, 4.69) is 14.8 Å². The molecule has 6 rings (SSSR count). The van der Waals surface area contributed by atoms with Crippen LogP contribution in [-0.2, 0) is 16.0 Å². The number of carboxylic acid groups (broad SMARTS) is 1. The van der Waals surface area contributed by atoms with Gasteiger partial charge < -0.3 is 34.3 Å². The van der Waals surface area contributed by atoms with Crippen molar-refractivity contribution in [3.8, 4) is 17.1 Å². The number of imidazole rings is 1. The van der Waals surface area contributed by atoms with Gasteiger partial charge in [0.25, 0.3) is 5.91 Å². The molecule has 2 aromatic heterocycles. The molecular weight excluding hydrogens is 631 g/mol. The lowest BCUT2D eigenvalue weighted by Crippen LogP contribution is -2.55. The number of halogens is 3. The topological polar surface area (TPSA) is 141 Å². The van der Waals surface area contributed by atoms with Crippen molar-refractivity contribution in [1.82, 2.24) is 24.7 Å². The number of carbonyl (C=O) groups is 3. The van der Waals surface area contributed by atoms with Crippen LogP contribution in [0.4, 0.5) is 13.2 Å². The summed E-state index contributed by atoms with van der Waals surface area (Å²) in [5.74, 6) is -2.14. The quantitative estimate of drug-likeness (QED) is 0.242. The highest BCUT2D eigenvalue weighted by molar-refractivity contribution is 6.00. The molecule has 256 valence electrons. The lowest BCUT2D eigenvalue weighted by molar-refractivity contribution is -0.192. The first kappa shape index (κ1) is 34.5. The number of phenolic OH excluding ortho intramolecular Hbond substituents is 1. The van der Waals surface area contributed by atoms with Crippen molar-refractivity contribution in [3.63, 3.8) is 0 Å². The monoisotopic (exact) mass is 669 g/mol. The number of carbonyl (C=O) groups excluding carboxylic acids is 2. The van der Waals surface area contributed by atoms with Crippen molar-refractivity contribution in [3.05, 3.63) is 72.2 Å². The molecule has 3 N–H and O–H groups in total. The second-order valence-corrected chi connectivity index (χ2v) is 12.1. The molecule has 4 aromatic rings. The number of aromatic nitrogens is 2. The Morgan fingerprint density at radius 3 is 2.27 bits per heavy atom. The van der Waals surface area contributed by atoms with Gasteiger partial charge in [0, 0.05) is 44.2 Å². The second-order valence-electron chi connectivity index (χ2n) is 12.1. The van der Waals surface area contributed by atoms with Crippen LogP contribution < -0.4 is 5.32 Å². The Hall–Kier alpha value is -4.85. The number of fused-ring (bicyclic) bond motifs is 1. The number of hydrogen-bond donors (Lipinski definition) is 3. The number of carboxylic acids is 1. The van der Waals surface area contributed by atoms with Gasteiger partial charge in [-0.2, -0.15) is 13.2 Å². The number of nitrogens with one attached hydrogen (secondary N) is 1. The fourth-order valence-corrected chi connectivity index (χ4v) is 6.10. The van der Waals surface area contributed by atoms with Crippen molar-refractivity contribution in [1.29, 1.82) is 0 Å². The number of aliphatic carboxylic acids is 1. The molecule has 1 saturated heterocycles. The standard InChI is InChI=1S/C32H37N5O4.C2HF3O2/c1-35-14-16-36(17-15-35)32(40)28(19-22-7-10-26(38)11-8-22)34-31(39)23-9-12-29-27(20-23)33-30(24-13-18-41-21-24)37(29)25-5-3-2-4-6-25;3-2(4,5)1(6)7/h7-13,18,20-21,25,28,38H,2-6,14-17,19H2,1H3,(H,34,39);(H,6,7)/t28-;/m0./s1. The minimum Gasteiger partial charge on any atom is -0.508 e. The van der Waals surface area contributed by atoms with E-state index in [1.54, 1.807) is 36.8 Å². The molecule has 11 nitrogen and oxygen atoms in total. The number of furan rings is 1. The van der Waals surface area contributed by atoms with Crippen LogP contribution in [0.1, 0.15) is 54.1 Å². The van der Waals surface area contributed by atoms with Crippen LogP contribution in [0.5, 0.6) is 5.75 Å². The van der Waals surface area contributed by atoms with Gasteiger partial charge in [-0.1, -0.05) is 31.4 Å². The van der Waals surface area contributed by atoms with Crippen LogP contribution in [0.3, 0.4) is 0 Å². The van der Waals surface area contributed by atoms with Gasteiger partial charge in [0.05, 0.1) is 22.9 Å². The maximum atomic E-state index is 13.6. The minimum absolute atomic E-state index is 0.0931. The third-order valence-corrected chi connectivity index (χ3v) is 8.71. The number of amides is 2. The maximum absolute atomic E-state index is 13.6. The number of nitrogens with zero attached hydrogens (tertiary/aromatic N) is 4. The zero-order chi connectivity index (χ0) is 34.4. The molecule has 3 heterocycles. The number of rotatable bonds is 7. The lowest BCUT2D eigenvalue weighted by atomic mass is 9.95. The van der Waals surface area contributed by atoms with Gasteiger partial charge in [0.15, 0.2) is 0 Å². The maximum Gasteiger partial charge on any atom is 0.490 e. The molecule has 2 amide bonds. The third kappa shape index (κ3) is 8.35. The first-order valence-electron chi connectivity index (χ1n) is 15.8. The summed E-state index contributed by atoms with van der Waals surface area (Å²) in [6, 6.07) is 14.0. The third-order valence-electron chi connectivity index (χ3n) is 8.71. The summed E-state index contributed by atoms with van der Waals surface area (Å²) in [7, 11) is 2.04. The van der Waals surface area contributed by atoms with E-state index >= 15 is 0 Å². The smallest absolute Gasteiger partial charge is 0.490 e. The summed E-state index contributed by atoms with van der Waals surface area (Å²) in [5.41, 5.74) is 4.00. The number of benzene rings is 2. The summed E-state index contributed by atoms with van der Waals surface area (Å²) < 4.78 is 39.4. The van der Waals surface area contributed by atoms with Crippen LogP contribution >= 0.6 is 0 Å². The Morgan fingerprint density at radius 2 is 1.67 bits per heavy atom. The molecule has 14 heteroatoms. The number of phenols is 1. The van der Waals surface area contributed by atoms with Crippen molar-refractivity contribution >= 4 is 28.8 Å². The first-order valence-corrected chi connectivity index (χ1v) is 15.8. The van der Waals surface area contributed by atoms with Gasteiger partial charge >= 0.3 is 12.1 Å². The van der Waals surface area contributed by atoms with E-state index in [-0.39, 0.29) is 17.6 Å². The van der Waals surface area contributed by atoms with Gasteiger partial charge in [-0.05, 0) is 61.9 Å². The number of alkyl halides is 3. The van der Waals surface area contributed by atoms with Crippen LogP contribution in [0, 0.1) is 0 Å². The summed E-state index contributed by atoms with van der Waals surface area (Å²) in [4.78, 5) is 45.1. The molecular formula is C34H38F3N5O6. The summed E-state index contributed by atoms with van der Waals surface area (Å²) in [5, 5.41) is 19.9. The molecule has 0 radical (unpaired) electrons. The Labute approximate surface area is 274 Å². The molecule has 1 aliphatic heterocycles. The highest BCUT2D eigenvalue weighted by atomic mass is 19.4. The first-order chi connectivity index (χ1) is 22.9. The zero-order valence-corrected chi connectivity index (χ0v) is 26.4. The number of likely N-dealkylation sites (N-methyl/N-ethyl adjacent to an activating group) is 1. The van der Waals surface area contributed by atoms with Crippen molar-refractivity contribution in [2.24, 2.45) is 0 Å². The lowest BCUT2D eigenvalue weighted by Gasteiger charge is -2.34. The van der Waals surface area contributed by atoms with Crippen molar-refractivity contribution in [2.45, 2.75) is 56.8 Å². The molecule has 1 aliphatic carbocycles. The van der Waals surface area contributed by atoms with E-state index in [4.69, 9.17) is 19.3 Å². The summed E-state index contributed by atoms with van der Waals surface area (Å²) in [6.45, 7) is 2.84. The number of hydrogen-bond acceptors (Lipinski definition) is 7. The van der Waals surface area contributed by atoms with Crippen LogP contribution in [0.15, 0.2) is 65.5 Å². The Bertz CT molecular complexity index is 1710. The van der Waals surface area contributed by atoms with E-state index < -0.39 is 18.2 Å². The van der Waals surface area contributed by atoms with Gasteiger partial charge in [-0.15, -0.1) is 0 Å². The molecule has 48 heavy (non-hydrogen) atoms. The van der Waals surface area contributed by atoms with E-state index in [1.165, 1.54) is 19.3 Å². The molecule has 0 spiro atoms. The van der Waals surface area contributed by atoms with Crippen LogP contribution in [0.2, 0.25) is 0 Å². The average molecular weight is 670 g/mol. The highest BCUT2D eigenvalue weighted by Crippen LogP contribution is 2.36. The molecule has 1 saturated carbocycles.